The fourth-order valence-corrected chi connectivity index (χ4v) is 1.95. The van der Waals surface area contributed by atoms with E-state index in [1.165, 1.54) is 11.1 Å². The van der Waals surface area contributed by atoms with E-state index in [0.29, 0.717) is 0 Å². The summed E-state index contributed by atoms with van der Waals surface area (Å²) in [5, 5.41) is 0. The molecule has 0 spiro atoms. The first-order valence-electron chi connectivity index (χ1n) is 6.02. The highest BCUT2D eigenvalue weighted by Crippen LogP contribution is 2.27. The van der Waals surface area contributed by atoms with E-state index in [1.54, 1.807) is 11.8 Å². The van der Waals surface area contributed by atoms with Crippen molar-refractivity contribution in [3.63, 3.8) is 0 Å². The third-order valence-electron chi connectivity index (χ3n) is 3.08. The van der Waals surface area contributed by atoms with Crippen LogP contribution in [0.4, 0.5) is 11.4 Å². The lowest BCUT2D eigenvalue weighted by Gasteiger charge is -2.22. The van der Waals surface area contributed by atoms with E-state index in [1.807, 2.05) is 48.5 Å². The minimum atomic E-state index is 0.0180. The van der Waals surface area contributed by atoms with Crippen LogP contribution in [0.3, 0.4) is 0 Å². The highest BCUT2D eigenvalue weighted by molar-refractivity contribution is 5.99. The van der Waals surface area contributed by atoms with Gasteiger partial charge in [-0.15, -0.1) is 0 Å². The Kier molecular flexibility index (Phi) is 3.47. The number of carbonyl (C=O) groups excluding carboxylic acids is 1. The molecule has 92 valence electrons. The summed E-state index contributed by atoms with van der Waals surface area (Å²) in [5.41, 5.74) is 4.23. The molecule has 2 aromatic carbocycles. The first kappa shape index (κ1) is 12.4. The largest absolute Gasteiger partial charge is 0.281 e. The molecule has 2 nitrogen and oxygen atoms in total. The lowest BCUT2D eigenvalue weighted by atomic mass is 10.1. The molecule has 0 saturated carbocycles. The van der Waals surface area contributed by atoms with E-state index in [9.17, 15) is 4.79 Å². The molecule has 2 heteroatoms. The second kappa shape index (κ2) is 5.05. The molecule has 0 bridgehead atoms. The van der Waals surface area contributed by atoms with Gasteiger partial charge in [0, 0.05) is 18.3 Å². The molecule has 0 radical (unpaired) electrons. The van der Waals surface area contributed by atoms with Gasteiger partial charge in [-0.3, -0.25) is 9.69 Å². The van der Waals surface area contributed by atoms with Gasteiger partial charge >= 0.3 is 0 Å². The van der Waals surface area contributed by atoms with Crippen molar-refractivity contribution in [1.82, 2.24) is 0 Å². The second-order valence-corrected chi connectivity index (χ2v) is 4.46. The van der Waals surface area contributed by atoms with Crippen LogP contribution < -0.4 is 4.90 Å². The number of benzene rings is 2. The van der Waals surface area contributed by atoms with Gasteiger partial charge in [-0.05, 0) is 49.2 Å². The molecule has 0 aromatic heterocycles. The highest BCUT2D eigenvalue weighted by Gasteiger charge is 2.13. The lowest BCUT2D eigenvalue weighted by molar-refractivity contribution is -0.115. The molecule has 1 amide bonds. The zero-order valence-electron chi connectivity index (χ0n) is 11.0. The summed E-state index contributed by atoms with van der Waals surface area (Å²) in [7, 11) is 0. The predicted molar refractivity (Wildman–Crippen MR) is 75.2 cm³/mol. The van der Waals surface area contributed by atoms with Gasteiger partial charge in [0.1, 0.15) is 0 Å². The number of nitrogens with zero attached hydrogens (tertiary/aromatic N) is 1. The standard InChI is InChI=1S/C16H17NO/c1-12-9-10-16(11-13(12)2)17(14(3)18)15-7-5-4-6-8-15/h4-11H,1-3H3. The van der Waals surface area contributed by atoms with Gasteiger partial charge in [0.05, 0.1) is 0 Å². The summed E-state index contributed by atoms with van der Waals surface area (Å²) < 4.78 is 0. The summed E-state index contributed by atoms with van der Waals surface area (Å²) in [5.74, 6) is 0.0180. The van der Waals surface area contributed by atoms with Crippen molar-refractivity contribution >= 4 is 17.3 Å². The van der Waals surface area contributed by atoms with Gasteiger partial charge in [-0.2, -0.15) is 0 Å². The number of hydrogen-bond acceptors (Lipinski definition) is 1. The van der Waals surface area contributed by atoms with Crippen LogP contribution in [0.25, 0.3) is 0 Å². The molecule has 0 heterocycles. The maximum Gasteiger partial charge on any atom is 0.228 e. The zero-order chi connectivity index (χ0) is 13.1. The van der Waals surface area contributed by atoms with Crippen LogP contribution in [0.2, 0.25) is 0 Å². The quantitative estimate of drug-likeness (QED) is 0.776. The van der Waals surface area contributed by atoms with Gasteiger partial charge in [0.15, 0.2) is 0 Å². The fourth-order valence-electron chi connectivity index (χ4n) is 1.95. The first-order chi connectivity index (χ1) is 8.59. The van der Waals surface area contributed by atoms with Gasteiger partial charge in [0.2, 0.25) is 5.91 Å². The second-order valence-electron chi connectivity index (χ2n) is 4.46. The number of anilines is 2. The van der Waals surface area contributed by atoms with E-state index in [2.05, 4.69) is 13.8 Å². The Balaban J connectivity index is 2.49. The molecule has 0 saturated heterocycles. The number of rotatable bonds is 2. The molecule has 0 atom stereocenters. The Bertz CT molecular complexity index is 561. The monoisotopic (exact) mass is 239 g/mol. The van der Waals surface area contributed by atoms with Crippen LogP contribution >= 0.6 is 0 Å². The van der Waals surface area contributed by atoms with Crippen LogP contribution in [0, 0.1) is 13.8 Å². The minimum Gasteiger partial charge on any atom is -0.281 e. The van der Waals surface area contributed by atoms with Crippen molar-refractivity contribution in [3.05, 3.63) is 59.7 Å². The Morgan fingerprint density at radius 2 is 1.56 bits per heavy atom. The lowest BCUT2D eigenvalue weighted by Crippen LogP contribution is -2.22. The van der Waals surface area contributed by atoms with E-state index in [-0.39, 0.29) is 5.91 Å². The van der Waals surface area contributed by atoms with Crippen molar-refractivity contribution in [2.75, 3.05) is 4.90 Å². The van der Waals surface area contributed by atoms with Crippen molar-refractivity contribution in [1.29, 1.82) is 0 Å². The van der Waals surface area contributed by atoms with Gasteiger partial charge in [0.25, 0.3) is 0 Å². The average Bonchev–Trinajstić information content (AvgIpc) is 2.35. The molecule has 0 unspecified atom stereocenters. The van der Waals surface area contributed by atoms with E-state index in [0.717, 1.165) is 11.4 Å². The van der Waals surface area contributed by atoms with Crippen molar-refractivity contribution < 1.29 is 4.79 Å². The molecule has 0 aliphatic rings. The highest BCUT2D eigenvalue weighted by atomic mass is 16.2. The van der Waals surface area contributed by atoms with Crippen LogP contribution in [-0.4, -0.2) is 5.91 Å². The summed E-state index contributed by atoms with van der Waals surface area (Å²) in [6.45, 7) is 5.71. The molecule has 2 aromatic rings. The molecule has 0 aliphatic heterocycles. The zero-order valence-corrected chi connectivity index (χ0v) is 11.0. The summed E-state index contributed by atoms with van der Waals surface area (Å²) in [6, 6.07) is 15.8. The van der Waals surface area contributed by atoms with Gasteiger partial charge < -0.3 is 0 Å². The number of aryl methyl sites for hydroxylation is 2. The summed E-state index contributed by atoms with van der Waals surface area (Å²) in [4.78, 5) is 13.6. The molecule has 18 heavy (non-hydrogen) atoms. The number of amides is 1. The summed E-state index contributed by atoms with van der Waals surface area (Å²) >= 11 is 0. The minimum absolute atomic E-state index is 0.0180. The first-order valence-corrected chi connectivity index (χ1v) is 6.02. The molecular weight excluding hydrogens is 222 g/mol. The third kappa shape index (κ3) is 2.43. The van der Waals surface area contributed by atoms with E-state index in [4.69, 9.17) is 0 Å². The van der Waals surface area contributed by atoms with Crippen LogP contribution in [0.1, 0.15) is 18.1 Å². The van der Waals surface area contributed by atoms with Crippen LogP contribution in [0.5, 0.6) is 0 Å². The Labute approximate surface area is 108 Å². The molecule has 0 aliphatic carbocycles. The van der Waals surface area contributed by atoms with Crippen molar-refractivity contribution in [2.24, 2.45) is 0 Å². The van der Waals surface area contributed by atoms with Crippen molar-refractivity contribution in [2.45, 2.75) is 20.8 Å². The normalized spacial score (nSPS) is 10.2. The molecule has 0 fully saturated rings. The number of para-hydroxylation sites is 1. The summed E-state index contributed by atoms with van der Waals surface area (Å²) in [6.07, 6.45) is 0. The van der Waals surface area contributed by atoms with Crippen LogP contribution in [0.15, 0.2) is 48.5 Å². The smallest absolute Gasteiger partial charge is 0.228 e. The topological polar surface area (TPSA) is 20.3 Å². The van der Waals surface area contributed by atoms with E-state index >= 15 is 0 Å². The maximum atomic E-state index is 11.9. The van der Waals surface area contributed by atoms with Crippen LogP contribution in [-0.2, 0) is 4.79 Å². The third-order valence-corrected chi connectivity index (χ3v) is 3.08. The Hall–Kier alpha value is -2.09. The van der Waals surface area contributed by atoms with Gasteiger partial charge in [-0.1, -0.05) is 24.3 Å². The Morgan fingerprint density at radius 3 is 2.11 bits per heavy atom. The maximum absolute atomic E-state index is 11.9. The molecule has 0 N–H and O–H groups in total. The van der Waals surface area contributed by atoms with Gasteiger partial charge in [-0.25, -0.2) is 0 Å². The number of carbonyl (C=O) groups is 1. The number of hydrogen-bond donors (Lipinski definition) is 0. The predicted octanol–water partition coefficient (Wildman–Crippen LogP) is 3.99. The molecular formula is C16H17NO. The fraction of sp³-hybridized carbons (Fsp3) is 0.188. The SMILES string of the molecule is CC(=O)N(c1ccccc1)c1ccc(C)c(C)c1. The Morgan fingerprint density at radius 1 is 0.889 bits per heavy atom. The molecule has 2 rings (SSSR count). The van der Waals surface area contributed by atoms with Crippen molar-refractivity contribution in [3.8, 4) is 0 Å². The van der Waals surface area contributed by atoms with E-state index < -0.39 is 0 Å². The average molecular weight is 239 g/mol.